The first-order valence-corrected chi connectivity index (χ1v) is 6.78. The second kappa shape index (κ2) is 6.21. The van der Waals surface area contributed by atoms with E-state index < -0.39 is 0 Å². The van der Waals surface area contributed by atoms with Crippen molar-refractivity contribution in [2.45, 2.75) is 26.3 Å². The maximum Gasteiger partial charge on any atom is 0.0671 e. The number of morpholine rings is 1. The van der Waals surface area contributed by atoms with Gasteiger partial charge in [-0.3, -0.25) is 0 Å². The lowest BCUT2D eigenvalue weighted by atomic mass is 10.1. The number of nitrogens with one attached hydrogen (secondary N) is 1. The maximum absolute atomic E-state index is 5.62. The highest BCUT2D eigenvalue weighted by Crippen LogP contribution is 2.23. The smallest absolute Gasteiger partial charge is 0.0671 e. The van der Waals surface area contributed by atoms with Crippen LogP contribution in [0.25, 0.3) is 0 Å². The zero-order chi connectivity index (χ0) is 13.0. The predicted octanol–water partition coefficient (Wildman–Crippen LogP) is 2.12. The molecule has 3 heteroatoms. The third-order valence-corrected chi connectivity index (χ3v) is 3.78. The molecule has 1 atom stereocenters. The molecule has 0 aromatic heterocycles. The Morgan fingerprint density at radius 1 is 1.33 bits per heavy atom. The van der Waals surface area contributed by atoms with Crippen LogP contribution in [0.2, 0.25) is 0 Å². The van der Waals surface area contributed by atoms with Crippen molar-refractivity contribution in [3.05, 3.63) is 29.3 Å². The van der Waals surface area contributed by atoms with Crippen LogP contribution >= 0.6 is 0 Å². The Morgan fingerprint density at radius 3 is 2.89 bits per heavy atom. The first-order chi connectivity index (χ1) is 8.72. The molecule has 0 aliphatic carbocycles. The molecule has 18 heavy (non-hydrogen) atoms. The number of ether oxygens (including phenoxy) is 1. The number of rotatable bonds is 4. The third kappa shape index (κ3) is 3.03. The summed E-state index contributed by atoms with van der Waals surface area (Å²) in [7, 11) is 2.00. The van der Waals surface area contributed by atoms with E-state index in [4.69, 9.17) is 4.74 Å². The third-order valence-electron chi connectivity index (χ3n) is 3.78. The molecule has 0 amide bonds. The summed E-state index contributed by atoms with van der Waals surface area (Å²) in [6, 6.07) is 7.25. The van der Waals surface area contributed by atoms with E-state index in [2.05, 4.69) is 42.3 Å². The fourth-order valence-corrected chi connectivity index (χ4v) is 2.45. The normalized spacial score (nSPS) is 20.2. The van der Waals surface area contributed by atoms with Crippen molar-refractivity contribution >= 4 is 5.69 Å². The van der Waals surface area contributed by atoms with E-state index in [0.717, 1.165) is 32.7 Å². The van der Waals surface area contributed by atoms with Crippen molar-refractivity contribution in [3.63, 3.8) is 0 Å². The minimum absolute atomic E-state index is 0.494. The van der Waals surface area contributed by atoms with Gasteiger partial charge >= 0.3 is 0 Å². The molecule has 100 valence electrons. The number of hydrogen-bond donors (Lipinski definition) is 1. The van der Waals surface area contributed by atoms with Crippen molar-refractivity contribution in [2.24, 2.45) is 0 Å². The predicted molar refractivity (Wildman–Crippen MR) is 76.4 cm³/mol. The van der Waals surface area contributed by atoms with Crippen molar-refractivity contribution < 1.29 is 4.74 Å². The van der Waals surface area contributed by atoms with E-state index in [1.54, 1.807) is 0 Å². The quantitative estimate of drug-likeness (QED) is 0.883. The van der Waals surface area contributed by atoms with Crippen molar-refractivity contribution in [1.82, 2.24) is 5.32 Å². The van der Waals surface area contributed by atoms with Crippen LogP contribution < -0.4 is 10.2 Å². The summed E-state index contributed by atoms with van der Waals surface area (Å²) in [5.74, 6) is 0. The monoisotopic (exact) mass is 248 g/mol. The van der Waals surface area contributed by atoms with Crippen LogP contribution in [-0.2, 0) is 4.74 Å². The van der Waals surface area contributed by atoms with Gasteiger partial charge in [-0.25, -0.2) is 0 Å². The molecule has 0 radical (unpaired) electrons. The molecule has 1 unspecified atom stereocenters. The van der Waals surface area contributed by atoms with E-state index in [9.17, 15) is 0 Å². The van der Waals surface area contributed by atoms with E-state index >= 15 is 0 Å². The van der Waals surface area contributed by atoms with E-state index in [0.29, 0.717) is 6.04 Å². The largest absolute Gasteiger partial charge is 0.377 e. The molecular weight excluding hydrogens is 224 g/mol. The van der Waals surface area contributed by atoms with Gasteiger partial charge in [-0.1, -0.05) is 6.07 Å². The summed E-state index contributed by atoms with van der Waals surface area (Å²) in [6.45, 7) is 8.06. The molecule has 1 fully saturated rings. The van der Waals surface area contributed by atoms with Gasteiger partial charge in [0, 0.05) is 12.2 Å². The Kier molecular flexibility index (Phi) is 4.61. The van der Waals surface area contributed by atoms with Crippen LogP contribution in [0.1, 0.15) is 17.5 Å². The highest BCUT2D eigenvalue weighted by Gasteiger charge is 2.22. The molecule has 0 saturated carbocycles. The summed E-state index contributed by atoms with van der Waals surface area (Å²) >= 11 is 0. The molecule has 0 spiro atoms. The van der Waals surface area contributed by atoms with Gasteiger partial charge < -0.3 is 15.0 Å². The lowest BCUT2D eigenvalue weighted by Gasteiger charge is -2.37. The van der Waals surface area contributed by atoms with Crippen LogP contribution in [0, 0.1) is 13.8 Å². The second-order valence-electron chi connectivity index (χ2n) is 5.08. The number of anilines is 1. The highest BCUT2D eigenvalue weighted by atomic mass is 16.5. The van der Waals surface area contributed by atoms with Gasteiger partial charge in [0.05, 0.1) is 19.3 Å². The molecule has 1 saturated heterocycles. The van der Waals surface area contributed by atoms with Crippen molar-refractivity contribution in [2.75, 3.05) is 38.3 Å². The number of aryl methyl sites for hydroxylation is 2. The van der Waals surface area contributed by atoms with Crippen LogP contribution in [-0.4, -0.2) is 39.4 Å². The first-order valence-electron chi connectivity index (χ1n) is 6.78. The first kappa shape index (κ1) is 13.4. The van der Waals surface area contributed by atoms with Crippen LogP contribution in [0.5, 0.6) is 0 Å². The molecule has 1 heterocycles. The van der Waals surface area contributed by atoms with Gasteiger partial charge in [-0.05, 0) is 57.1 Å². The van der Waals surface area contributed by atoms with Crippen molar-refractivity contribution in [1.29, 1.82) is 0 Å². The fourth-order valence-electron chi connectivity index (χ4n) is 2.45. The van der Waals surface area contributed by atoms with Crippen LogP contribution in [0.3, 0.4) is 0 Å². The lowest BCUT2D eigenvalue weighted by molar-refractivity contribution is 0.0917. The van der Waals surface area contributed by atoms with E-state index in [-0.39, 0.29) is 0 Å². The number of nitrogens with zero attached hydrogens (tertiary/aromatic N) is 1. The Balaban J connectivity index is 2.14. The van der Waals surface area contributed by atoms with Crippen LogP contribution in [0.15, 0.2) is 18.2 Å². The minimum atomic E-state index is 0.494. The Morgan fingerprint density at radius 2 is 2.17 bits per heavy atom. The SMILES string of the molecule is CNCCC1COCCN1c1ccc(C)c(C)c1. The average molecular weight is 248 g/mol. The molecule has 2 rings (SSSR count). The lowest BCUT2D eigenvalue weighted by Crippen LogP contribution is -2.46. The highest BCUT2D eigenvalue weighted by molar-refractivity contribution is 5.51. The summed E-state index contributed by atoms with van der Waals surface area (Å²) in [6.07, 6.45) is 1.13. The fraction of sp³-hybridized carbons (Fsp3) is 0.600. The molecule has 1 aromatic rings. The maximum atomic E-state index is 5.62. The summed E-state index contributed by atoms with van der Waals surface area (Å²) < 4.78 is 5.62. The summed E-state index contributed by atoms with van der Waals surface area (Å²) in [5.41, 5.74) is 4.06. The standard InChI is InChI=1S/C15H24N2O/c1-12-4-5-14(10-13(12)2)17-8-9-18-11-15(17)6-7-16-3/h4-5,10,15-16H,6-9,11H2,1-3H3. The van der Waals surface area contributed by atoms with Gasteiger partial charge in [0.2, 0.25) is 0 Å². The zero-order valence-corrected chi connectivity index (χ0v) is 11.7. The Bertz CT molecular complexity index is 392. The number of benzene rings is 1. The Labute approximate surface area is 110 Å². The molecule has 1 aliphatic heterocycles. The van der Waals surface area contributed by atoms with Gasteiger partial charge in [0.15, 0.2) is 0 Å². The number of hydrogen-bond acceptors (Lipinski definition) is 3. The van der Waals surface area contributed by atoms with Crippen LogP contribution in [0.4, 0.5) is 5.69 Å². The zero-order valence-electron chi connectivity index (χ0n) is 11.7. The molecular formula is C15H24N2O. The summed E-state index contributed by atoms with van der Waals surface area (Å²) in [5, 5.41) is 3.23. The minimum Gasteiger partial charge on any atom is -0.377 e. The molecule has 1 N–H and O–H groups in total. The molecule has 0 bridgehead atoms. The average Bonchev–Trinajstić information content (AvgIpc) is 2.40. The Hall–Kier alpha value is -1.06. The van der Waals surface area contributed by atoms with Gasteiger partial charge in [-0.15, -0.1) is 0 Å². The van der Waals surface area contributed by atoms with Gasteiger partial charge in [0.25, 0.3) is 0 Å². The topological polar surface area (TPSA) is 24.5 Å². The van der Waals surface area contributed by atoms with Gasteiger partial charge in [0.1, 0.15) is 0 Å². The van der Waals surface area contributed by atoms with Gasteiger partial charge in [-0.2, -0.15) is 0 Å². The molecule has 1 aliphatic rings. The summed E-state index contributed by atoms with van der Waals surface area (Å²) in [4.78, 5) is 2.49. The second-order valence-corrected chi connectivity index (χ2v) is 5.08. The molecule has 1 aromatic carbocycles. The van der Waals surface area contributed by atoms with E-state index in [1.165, 1.54) is 16.8 Å². The van der Waals surface area contributed by atoms with Crippen molar-refractivity contribution in [3.8, 4) is 0 Å². The van der Waals surface area contributed by atoms with E-state index in [1.807, 2.05) is 7.05 Å². The molecule has 3 nitrogen and oxygen atoms in total.